The van der Waals surface area contributed by atoms with Crippen LogP contribution in [0.3, 0.4) is 0 Å². The zero-order valence-corrected chi connectivity index (χ0v) is 12.6. The van der Waals surface area contributed by atoms with Gasteiger partial charge in [-0.05, 0) is 52.7 Å². The Bertz CT molecular complexity index is 766. The van der Waals surface area contributed by atoms with Gasteiger partial charge >= 0.3 is 0 Å². The van der Waals surface area contributed by atoms with Crippen LogP contribution < -0.4 is 4.72 Å². The molecule has 106 valence electrons. The van der Waals surface area contributed by atoms with Crippen molar-refractivity contribution >= 4 is 31.6 Å². The number of hydrogen-bond donors (Lipinski definition) is 1. The van der Waals surface area contributed by atoms with Gasteiger partial charge in [-0.15, -0.1) is 0 Å². The van der Waals surface area contributed by atoms with Gasteiger partial charge in [0.15, 0.2) is 11.6 Å². The fourth-order valence-electron chi connectivity index (χ4n) is 1.47. The third-order valence-electron chi connectivity index (χ3n) is 2.47. The van der Waals surface area contributed by atoms with Gasteiger partial charge in [0.05, 0.1) is 16.8 Å². The predicted octanol–water partition coefficient (Wildman–Crippen LogP) is 3.23. The fourth-order valence-corrected chi connectivity index (χ4v) is 2.73. The SMILES string of the molecule is Cc1cc(NS(=O)(=O)c2ccc(F)c(F)c2)cnc1Br. The quantitative estimate of drug-likeness (QED) is 0.852. The summed E-state index contributed by atoms with van der Waals surface area (Å²) in [5, 5.41) is 0. The first-order chi connectivity index (χ1) is 9.29. The molecule has 1 heterocycles. The smallest absolute Gasteiger partial charge is 0.262 e. The van der Waals surface area contributed by atoms with Crippen molar-refractivity contribution in [3.05, 3.63) is 52.3 Å². The van der Waals surface area contributed by atoms with Crippen LogP contribution in [0, 0.1) is 18.6 Å². The van der Waals surface area contributed by atoms with Gasteiger partial charge in [0.25, 0.3) is 10.0 Å². The number of rotatable bonds is 3. The Hall–Kier alpha value is -1.54. The fraction of sp³-hybridized carbons (Fsp3) is 0.0833. The number of hydrogen-bond acceptors (Lipinski definition) is 3. The summed E-state index contributed by atoms with van der Waals surface area (Å²) < 4.78 is 52.8. The van der Waals surface area contributed by atoms with E-state index in [1.807, 2.05) is 0 Å². The van der Waals surface area contributed by atoms with E-state index in [9.17, 15) is 17.2 Å². The number of sulfonamides is 1. The summed E-state index contributed by atoms with van der Waals surface area (Å²) in [6.45, 7) is 1.74. The Morgan fingerprint density at radius 3 is 2.50 bits per heavy atom. The summed E-state index contributed by atoms with van der Waals surface area (Å²) in [5.41, 5.74) is 0.964. The largest absolute Gasteiger partial charge is 0.278 e. The molecule has 0 spiro atoms. The summed E-state index contributed by atoms with van der Waals surface area (Å²) in [5.74, 6) is -2.33. The summed E-state index contributed by atoms with van der Waals surface area (Å²) >= 11 is 3.19. The molecule has 0 amide bonds. The second kappa shape index (κ2) is 5.45. The first kappa shape index (κ1) is 14.9. The Morgan fingerprint density at radius 1 is 1.20 bits per heavy atom. The average Bonchev–Trinajstić information content (AvgIpc) is 2.37. The number of benzene rings is 1. The van der Waals surface area contributed by atoms with Crippen LogP contribution in [0.4, 0.5) is 14.5 Å². The van der Waals surface area contributed by atoms with Gasteiger partial charge < -0.3 is 0 Å². The lowest BCUT2D eigenvalue weighted by Gasteiger charge is -2.09. The Balaban J connectivity index is 2.35. The first-order valence-electron chi connectivity index (χ1n) is 5.39. The molecule has 8 heteroatoms. The van der Waals surface area contributed by atoms with E-state index in [-0.39, 0.29) is 10.6 Å². The molecule has 1 aromatic carbocycles. The molecule has 0 atom stereocenters. The number of aromatic nitrogens is 1. The highest BCUT2D eigenvalue weighted by Gasteiger charge is 2.17. The normalized spacial score (nSPS) is 11.4. The Kier molecular flexibility index (Phi) is 4.05. The molecule has 0 saturated heterocycles. The van der Waals surface area contributed by atoms with E-state index < -0.39 is 21.7 Å². The van der Waals surface area contributed by atoms with E-state index in [4.69, 9.17) is 0 Å². The molecule has 0 unspecified atom stereocenters. The second-order valence-corrected chi connectivity index (χ2v) is 6.45. The van der Waals surface area contributed by atoms with Crippen molar-refractivity contribution in [2.45, 2.75) is 11.8 Å². The summed E-state index contributed by atoms with van der Waals surface area (Å²) in [7, 11) is -3.99. The summed E-state index contributed by atoms with van der Waals surface area (Å²) in [6.07, 6.45) is 1.31. The van der Waals surface area contributed by atoms with Crippen molar-refractivity contribution in [3.63, 3.8) is 0 Å². The van der Waals surface area contributed by atoms with Crippen molar-refractivity contribution < 1.29 is 17.2 Å². The standard InChI is InChI=1S/C12H9BrF2N2O2S/c1-7-4-8(6-16-12(7)13)17-20(18,19)9-2-3-10(14)11(15)5-9/h2-6,17H,1H3. The maximum Gasteiger partial charge on any atom is 0.262 e. The topological polar surface area (TPSA) is 59.1 Å². The Morgan fingerprint density at radius 2 is 1.90 bits per heavy atom. The number of nitrogens with zero attached hydrogens (tertiary/aromatic N) is 1. The minimum atomic E-state index is -3.99. The van der Waals surface area contributed by atoms with Gasteiger partial charge in [-0.2, -0.15) is 0 Å². The number of aryl methyl sites for hydroxylation is 1. The zero-order chi connectivity index (χ0) is 14.9. The van der Waals surface area contributed by atoms with E-state index in [2.05, 4.69) is 25.6 Å². The van der Waals surface area contributed by atoms with Gasteiger partial charge in [-0.1, -0.05) is 0 Å². The lowest BCUT2D eigenvalue weighted by atomic mass is 10.3. The first-order valence-corrected chi connectivity index (χ1v) is 7.67. The molecule has 0 saturated carbocycles. The van der Waals surface area contributed by atoms with Gasteiger partial charge in [0.2, 0.25) is 0 Å². The van der Waals surface area contributed by atoms with Gasteiger partial charge in [-0.25, -0.2) is 22.2 Å². The predicted molar refractivity (Wildman–Crippen MR) is 73.8 cm³/mol. The molecule has 1 aromatic heterocycles. The number of pyridine rings is 1. The highest BCUT2D eigenvalue weighted by Crippen LogP contribution is 2.21. The molecule has 2 rings (SSSR count). The van der Waals surface area contributed by atoms with Crippen LogP contribution in [-0.2, 0) is 10.0 Å². The number of halogens is 3. The van der Waals surface area contributed by atoms with Gasteiger partial charge in [0, 0.05) is 0 Å². The van der Waals surface area contributed by atoms with Crippen molar-refractivity contribution in [3.8, 4) is 0 Å². The summed E-state index contributed by atoms with van der Waals surface area (Å²) in [4.78, 5) is 3.58. The molecular formula is C12H9BrF2N2O2S. The van der Waals surface area contributed by atoms with Gasteiger partial charge in [-0.3, -0.25) is 4.72 Å². The highest BCUT2D eigenvalue weighted by atomic mass is 79.9. The Labute approximate surface area is 123 Å². The maximum absolute atomic E-state index is 13.1. The van der Waals surface area contributed by atoms with Crippen LogP contribution in [0.1, 0.15) is 5.56 Å². The molecule has 0 aliphatic rings. The van der Waals surface area contributed by atoms with Crippen LogP contribution in [-0.4, -0.2) is 13.4 Å². The molecule has 0 aliphatic carbocycles. The van der Waals surface area contributed by atoms with Crippen LogP contribution in [0.2, 0.25) is 0 Å². The lowest BCUT2D eigenvalue weighted by Crippen LogP contribution is -2.13. The van der Waals surface area contributed by atoms with E-state index in [1.165, 1.54) is 6.20 Å². The van der Waals surface area contributed by atoms with Crippen LogP contribution in [0.25, 0.3) is 0 Å². The molecule has 20 heavy (non-hydrogen) atoms. The van der Waals surface area contributed by atoms with E-state index in [0.717, 1.165) is 17.7 Å². The van der Waals surface area contributed by atoms with E-state index in [1.54, 1.807) is 13.0 Å². The van der Waals surface area contributed by atoms with E-state index in [0.29, 0.717) is 10.7 Å². The third kappa shape index (κ3) is 3.13. The van der Waals surface area contributed by atoms with Crippen molar-refractivity contribution in [1.29, 1.82) is 0 Å². The van der Waals surface area contributed by atoms with Crippen molar-refractivity contribution in [1.82, 2.24) is 4.98 Å². The second-order valence-electron chi connectivity index (χ2n) is 4.01. The van der Waals surface area contributed by atoms with Crippen LogP contribution in [0.15, 0.2) is 40.0 Å². The van der Waals surface area contributed by atoms with E-state index >= 15 is 0 Å². The minimum absolute atomic E-state index is 0.232. The summed E-state index contributed by atoms with van der Waals surface area (Å²) in [6, 6.07) is 3.93. The third-order valence-corrected chi connectivity index (χ3v) is 4.68. The molecule has 0 aliphatic heterocycles. The molecule has 1 N–H and O–H groups in total. The molecule has 0 bridgehead atoms. The molecule has 0 fully saturated rings. The van der Waals surface area contributed by atoms with Crippen molar-refractivity contribution in [2.24, 2.45) is 0 Å². The van der Waals surface area contributed by atoms with Crippen molar-refractivity contribution in [2.75, 3.05) is 4.72 Å². The monoisotopic (exact) mass is 362 g/mol. The lowest BCUT2D eigenvalue weighted by molar-refractivity contribution is 0.504. The van der Waals surface area contributed by atoms with Crippen LogP contribution >= 0.6 is 15.9 Å². The maximum atomic E-state index is 13.1. The molecular weight excluding hydrogens is 354 g/mol. The van der Waals surface area contributed by atoms with Crippen LogP contribution in [0.5, 0.6) is 0 Å². The number of nitrogens with one attached hydrogen (secondary N) is 1. The van der Waals surface area contributed by atoms with Gasteiger partial charge in [0.1, 0.15) is 4.60 Å². The zero-order valence-electron chi connectivity index (χ0n) is 10.2. The number of anilines is 1. The minimum Gasteiger partial charge on any atom is -0.278 e. The molecule has 0 radical (unpaired) electrons. The average molecular weight is 363 g/mol. The highest BCUT2D eigenvalue weighted by molar-refractivity contribution is 9.10. The molecule has 4 nitrogen and oxygen atoms in total. The molecule has 2 aromatic rings.